The molecular formula is C26H23BrN2O5. The molecule has 0 fully saturated rings. The predicted octanol–water partition coefficient (Wildman–Crippen LogP) is 5.45. The minimum absolute atomic E-state index is 0.0150. The third kappa shape index (κ3) is 4.05. The standard InChI is InChI=1S/C26H23BrN2O5/c1-15-18-10-23(32-2)22(30)9-19(18)20(26(31)28-17-6-4-3-5-7-17)13-29(15)12-16-8-24-25(11-21(16)27)34-14-33-24/h3-11,13,15,30H,12,14H2,1-2H3,(H,28,31). The lowest BCUT2D eigenvalue weighted by molar-refractivity contribution is -0.111. The molecule has 0 saturated carbocycles. The number of carbonyl (C=O) groups excluding carboxylic acids is 1. The van der Waals surface area contributed by atoms with Gasteiger partial charge in [0.2, 0.25) is 6.79 Å². The van der Waals surface area contributed by atoms with Crippen molar-refractivity contribution in [1.29, 1.82) is 0 Å². The summed E-state index contributed by atoms with van der Waals surface area (Å²) in [5.41, 5.74) is 3.68. The Labute approximate surface area is 205 Å². The Balaban J connectivity index is 1.54. The summed E-state index contributed by atoms with van der Waals surface area (Å²) < 4.78 is 17.3. The van der Waals surface area contributed by atoms with E-state index in [2.05, 4.69) is 33.1 Å². The zero-order chi connectivity index (χ0) is 23.8. The van der Waals surface area contributed by atoms with Gasteiger partial charge in [-0.15, -0.1) is 0 Å². The number of nitrogens with one attached hydrogen (secondary N) is 1. The Morgan fingerprint density at radius 3 is 2.65 bits per heavy atom. The summed E-state index contributed by atoms with van der Waals surface area (Å²) in [4.78, 5) is 15.4. The molecule has 174 valence electrons. The van der Waals surface area contributed by atoms with Crippen molar-refractivity contribution in [2.24, 2.45) is 0 Å². The molecule has 0 bridgehead atoms. The number of carbonyl (C=O) groups is 1. The van der Waals surface area contributed by atoms with Crippen LogP contribution in [0.25, 0.3) is 5.57 Å². The normalized spacial score (nSPS) is 16.0. The van der Waals surface area contributed by atoms with E-state index < -0.39 is 0 Å². The fourth-order valence-corrected chi connectivity index (χ4v) is 4.66. The number of hydrogen-bond donors (Lipinski definition) is 2. The van der Waals surface area contributed by atoms with Gasteiger partial charge in [0.1, 0.15) is 0 Å². The fraction of sp³-hybridized carbons (Fsp3) is 0.192. The number of phenolic OH excluding ortho intramolecular Hbond substituents is 1. The Hall–Kier alpha value is -3.65. The molecule has 34 heavy (non-hydrogen) atoms. The van der Waals surface area contributed by atoms with Gasteiger partial charge in [-0.1, -0.05) is 34.1 Å². The predicted molar refractivity (Wildman–Crippen MR) is 132 cm³/mol. The Bertz CT molecular complexity index is 1290. The number of anilines is 1. The third-order valence-electron chi connectivity index (χ3n) is 6.05. The Kier molecular flexibility index (Phi) is 5.83. The van der Waals surface area contributed by atoms with E-state index in [9.17, 15) is 9.90 Å². The van der Waals surface area contributed by atoms with Crippen LogP contribution < -0.4 is 19.5 Å². The molecule has 3 aromatic rings. The molecule has 5 rings (SSSR count). The van der Waals surface area contributed by atoms with Gasteiger partial charge >= 0.3 is 0 Å². The van der Waals surface area contributed by atoms with Gasteiger partial charge in [0.05, 0.1) is 18.7 Å². The largest absolute Gasteiger partial charge is 0.504 e. The molecule has 7 nitrogen and oxygen atoms in total. The quantitative estimate of drug-likeness (QED) is 0.463. The van der Waals surface area contributed by atoms with Crippen molar-refractivity contribution in [1.82, 2.24) is 4.90 Å². The fourth-order valence-electron chi connectivity index (χ4n) is 4.21. The lowest BCUT2D eigenvalue weighted by atomic mass is 9.90. The minimum Gasteiger partial charge on any atom is -0.504 e. The smallest absolute Gasteiger partial charge is 0.257 e. The molecule has 2 heterocycles. The molecule has 0 aromatic heterocycles. The molecule has 2 aliphatic heterocycles. The number of phenols is 1. The first kappa shape index (κ1) is 22.2. The van der Waals surface area contributed by atoms with Gasteiger partial charge in [-0.3, -0.25) is 4.79 Å². The summed E-state index contributed by atoms with van der Waals surface area (Å²) >= 11 is 3.63. The molecular weight excluding hydrogens is 500 g/mol. The van der Waals surface area contributed by atoms with E-state index in [0.717, 1.165) is 15.6 Å². The Morgan fingerprint density at radius 1 is 1.18 bits per heavy atom. The first-order valence-electron chi connectivity index (χ1n) is 10.8. The maximum absolute atomic E-state index is 13.4. The van der Waals surface area contributed by atoms with E-state index >= 15 is 0 Å². The summed E-state index contributed by atoms with van der Waals surface area (Å²) in [6.07, 6.45) is 1.84. The topological polar surface area (TPSA) is 80.3 Å². The van der Waals surface area contributed by atoms with E-state index in [4.69, 9.17) is 14.2 Å². The number of amides is 1. The molecule has 2 aliphatic rings. The third-order valence-corrected chi connectivity index (χ3v) is 6.79. The van der Waals surface area contributed by atoms with Crippen LogP contribution in [-0.2, 0) is 11.3 Å². The number of rotatable bonds is 5. The van der Waals surface area contributed by atoms with Crippen molar-refractivity contribution < 1.29 is 24.1 Å². The number of ether oxygens (including phenoxy) is 3. The average Bonchev–Trinajstić information content (AvgIpc) is 3.28. The van der Waals surface area contributed by atoms with Crippen LogP contribution in [-0.4, -0.2) is 29.8 Å². The molecule has 3 aromatic carbocycles. The molecule has 0 saturated heterocycles. The number of aromatic hydroxyl groups is 1. The van der Waals surface area contributed by atoms with Crippen LogP contribution in [0.5, 0.6) is 23.0 Å². The summed E-state index contributed by atoms with van der Waals surface area (Å²) in [5, 5.41) is 13.4. The van der Waals surface area contributed by atoms with Crippen molar-refractivity contribution >= 4 is 33.1 Å². The molecule has 8 heteroatoms. The van der Waals surface area contributed by atoms with Crippen molar-refractivity contribution in [2.45, 2.75) is 19.5 Å². The first-order chi connectivity index (χ1) is 16.4. The van der Waals surface area contributed by atoms with Crippen LogP contribution in [0.1, 0.15) is 29.7 Å². The van der Waals surface area contributed by atoms with Crippen molar-refractivity contribution in [3.8, 4) is 23.0 Å². The van der Waals surface area contributed by atoms with Gasteiger partial charge in [-0.25, -0.2) is 0 Å². The Morgan fingerprint density at radius 2 is 1.91 bits per heavy atom. The van der Waals surface area contributed by atoms with Crippen LogP contribution in [0, 0.1) is 0 Å². The number of benzene rings is 3. The second-order valence-electron chi connectivity index (χ2n) is 8.12. The number of halogens is 1. The highest BCUT2D eigenvalue weighted by molar-refractivity contribution is 9.10. The lowest BCUT2D eigenvalue weighted by Gasteiger charge is -2.35. The van der Waals surface area contributed by atoms with E-state index in [1.54, 1.807) is 12.1 Å². The zero-order valence-electron chi connectivity index (χ0n) is 18.7. The molecule has 0 spiro atoms. The van der Waals surface area contributed by atoms with E-state index in [0.29, 0.717) is 40.6 Å². The van der Waals surface area contributed by atoms with Crippen LogP contribution >= 0.6 is 15.9 Å². The number of methoxy groups -OCH3 is 1. The highest BCUT2D eigenvalue weighted by atomic mass is 79.9. The average molecular weight is 523 g/mol. The molecule has 2 N–H and O–H groups in total. The van der Waals surface area contributed by atoms with Crippen LogP contribution in [0.2, 0.25) is 0 Å². The van der Waals surface area contributed by atoms with E-state index in [1.807, 2.05) is 48.7 Å². The van der Waals surface area contributed by atoms with E-state index in [1.165, 1.54) is 7.11 Å². The van der Waals surface area contributed by atoms with Gasteiger partial charge in [0.15, 0.2) is 23.0 Å². The number of fused-ring (bicyclic) bond motifs is 2. The van der Waals surface area contributed by atoms with Crippen LogP contribution in [0.4, 0.5) is 5.69 Å². The van der Waals surface area contributed by atoms with Gasteiger partial charge in [0.25, 0.3) is 5.91 Å². The minimum atomic E-state index is -0.265. The monoisotopic (exact) mass is 522 g/mol. The highest BCUT2D eigenvalue weighted by Gasteiger charge is 2.30. The van der Waals surface area contributed by atoms with Crippen LogP contribution in [0.3, 0.4) is 0 Å². The first-order valence-corrected chi connectivity index (χ1v) is 11.6. The van der Waals surface area contributed by atoms with Gasteiger partial charge < -0.3 is 29.5 Å². The zero-order valence-corrected chi connectivity index (χ0v) is 20.3. The summed E-state index contributed by atoms with van der Waals surface area (Å²) in [5.74, 6) is 1.48. The molecule has 1 unspecified atom stereocenters. The number of para-hydroxylation sites is 1. The summed E-state index contributed by atoms with van der Waals surface area (Å²) in [7, 11) is 1.51. The molecule has 1 atom stereocenters. The van der Waals surface area contributed by atoms with Gasteiger partial charge in [-0.2, -0.15) is 0 Å². The molecule has 0 aliphatic carbocycles. The van der Waals surface area contributed by atoms with Crippen LogP contribution in [0.15, 0.2) is 65.3 Å². The van der Waals surface area contributed by atoms with E-state index in [-0.39, 0.29) is 24.5 Å². The van der Waals surface area contributed by atoms with Crippen molar-refractivity contribution in [3.63, 3.8) is 0 Å². The summed E-state index contributed by atoms with van der Waals surface area (Å²) in [6.45, 7) is 2.77. The SMILES string of the molecule is COc1cc2c(cc1O)C(C(=O)Nc1ccccc1)=CN(Cc1cc3c(cc1Br)OCO3)C2C. The number of nitrogens with zero attached hydrogens (tertiary/aromatic N) is 1. The maximum Gasteiger partial charge on any atom is 0.257 e. The van der Waals surface area contributed by atoms with Crippen molar-refractivity contribution in [2.75, 3.05) is 19.2 Å². The lowest BCUT2D eigenvalue weighted by Crippen LogP contribution is -2.29. The molecule has 1 amide bonds. The highest BCUT2D eigenvalue weighted by Crippen LogP contribution is 2.43. The van der Waals surface area contributed by atoms with Gasteiger partial charge in [0, 0.05) is 22.9 Å². The van der Waals surface area contributed by atoms with Crippen molar-refractivity contribution in [3.05, 3.63) is 82.0 Å². The summed E-state index contributed by atoms with van der Waals surface area (Å²) in [6, 6.07) is 16.4. The second kappa shape index (κ2) is 8.95. The number of hydrogen-bond acceptors (Lipinski definition) is 6. The molecule has 0 radical (unpaired) electrons. The second-order valence-corrected chi connectivity index (χ2v) is 8.97. The maximum atomic E-state index is 13.4. The van der Waals surface area contributed by atoms with Gasteiger partial charge in [-0.05, 0) is 60.0 Å².